The van der Waals surface area contributed by atoms with Crippen molar-refractivity contribution in [2.24, 2.45) is 0 Å². The fraction of sp³-hybridized carbons (Fsp3) is 0. The number of aromatic nitrogens is 1. The zero-order valence-electron chi connectivity index (χ0n) is 7.35. The van der Waals surface area contributed by atoms with Crippen LogP contribution in [0.1, 0.15) is 0 Å². The van der Waals surface area contributed by atoms with E-state index in [0.717, 1.165) is 5.75 Å². The fourth-order valence-electron chi connectivity index (χ4n) is 1.05. The molecule has 0 spiro atoms. The van der Waals surface area contributed by atoms with Gasteiger partial charge in [-0.15, -0.1) is 0 Å². The van der Waals surface area contributed by atoms with E-state index in [1.165, 1.54) is 0 Å². The average Bonchev–Trinajstić information content (AvgIpc) is 2.23. The van der Waals surface area contributed by atoms with E-state index in [1.807, 2.05) is 30.3 Å². The molecular weight excluding hydrogens is 198 g/mol. The second-order valence-electron chi connectivity index (χ2n) is 2.72. The van der Waals surface area contributed by atoms with Crippen molar-refractivity contribution in [1.29, 1.82) is 0 Å². The summed E-state index contributed by atoms with van der Waals surface area (Å²) in [5, 5.41) is 0.559. The van der Waals surface area contributed by atoms with Gasteiger partial charge in [-0.25, -0.2) is 0 Å². The first-order valence-electron chi connectivity index (χ1n) is 4.18. The Balaban J connectivity index is 2.24. The summed E-state index contributed by atoms with van der Waals surface area (Å²) in [6.07, 6.45) is 3.22. The molecule has 1 aromatic heterocycles. The first-order chi connectivity index (χ1) is 6.86. The first kappa shape index (κ1) is 9.03. The van der Waals surface area contributed by atoms with Gasteiger partial charge in [-0.3, -0.25) is 4.98 Å². The van der Waals surface area contributed by atoms with Gasteiger partial charge >= 0.3 is 0 Å². The number of pyridine rings is 1. The van der Waals surface area contributed by atoms with Crippen LogP contribution in [0.2, 0.25) is 5.02 Å². The molecule has 14 heavy (non-hydrogen) atoms. The highest BCUT2D eigenvalue weighted by Gasteiger charge is 2.00. The van der Waals surface area contributed by atoms with E-state index in [4.69, 9.17) is 16.3 Å². The Morgan fingerprint density at radius 1 is 1.07 bits per heavy atom. The molecular formula is C11H8ClNO. The van der Waals surface area contributed by atoms with Crippen LogP contribution in [0.3, 0.4) is 0 Å². The van der Waals surface area contributed by atoms with E-state index in [0.29, 0.717) is 10.8 Å². The minimum absolute atomic E-state index is 0.559. The summed E-state index contributed by atoms with van der Waals surface area (Å²) in [6, 6.07) is 11.2. The Morgan fingerprint density at radius 3 is 2.57 bits per heavy atom. The molecule has 0 atom stereocenters. The lowest BCUT2D eigenvalue weighted by Crippen LogP contribution is -1.85. The lowest BCUT2D eigenvalue weighted by atomic mass is 10.3. The third-order valence-electron chi connectivity index (χ3n) is 1.71. The zero-order valence-corrected chi connectivity index (χ0v) is 8.11. The van der Waals surface area contributed by atoms with E-state index < -0.39 is 0 Å². The maximum atomic E-state index is 5.91. The standard InChI is InChI=1S/C11H8ClNO/c12-10-6-7-13-8-11(10)14-9-4-2-1-3-5-9/h1-8H. The molecule has 70 valence electrons. The third kappa shape index (κ3) is 2.03. The second-order valence-corrected chi connectivity index (χ2v) is 3.13. The third-order valence-corrected chi connectivity index (χ3v) is 2.02. The van der Waals surface area contributed by atoms with E-state index in [2.05, 4.69) is 4.98 Å². The molecule has 0 bridgehead atoms. The topological polar surface area (TPSA) is 22.1 Å². The van der Waals surface area contributed by atoms with Crippen LogP contribution in [0, 0.1) is 0 Å². The Hall–Kier alpha value is -1.54. The van der Waals surface area contributed by atoms with Crippen LogP contribution < -0.4 is 4.74 Å². The van der Waals surface area contributed by atoms with Crippen molar-refractivity contribution in [3.8, 4) is 11.5 Å². The molecule has 1 heterocycles. The molecule has 2 aromatic rings. The van der Waals surface area contributed by atoms with Crippen molar-refractivity contribution in [3.05, 3.63) is 53.8 Å². The minimum atomic E-state index is 0.559. The summed E-state index contributed by atoms with van der Waals surface area (Å²) >= 11 is 5.91. The van der Waals surface area contributed by atoms with Gasteiger partial charge in [-0.1, -0.05) is 29.8 Å². The molecule has 0 N–H and O–H groups in total. The number of rotatable bonds is 2. The highest BCUT2D eigenvalue weighted by molar-refractivity contribution is 6.32. The van der Waals surface area contributed by atoms with Gasteiger partial charge in [0.05, 0.1) is 11.2 Å². The summed E-state index contributed by atoms with van der Waals surface area (Å²) in [6.45, 7) is 0. The molecule has 0 radical (unpaired) electrons. The Kier molecular flexibility index (Phi) is 2.65. The normalized spacial score (nSPS) is 9.79. The van der Waals surface area contributed by atoms with Crippen molar-refractivity contribution >= 4 is 11.6 Å². The predicted octanol–water partition coefficient (Wildman–Crippen LogP) is 3.53. The van der Waals surface area contributed by atoms with E-state index in [-0.39, 0.29) is 0 Å². The van der Waals surface area contributed by atoms with Crippen LogP contribution in [-0.2, 0) is 0 Å². The summed E-state index contributed by atoms with van der Waals surface area (Å²) in [4.78, 5) is 3.93. The van der Waals surface area contributed by atoms with Gasteiger partial charge in [0.15, 0.2) is 5.75 Å². The molecule has 0 aliphatic heterocycles. The zero-order chi connectivity index (χ0) is 9.80. The van der Waals surface area contributed by atoms with Crippen molar-refractivity contribution in [3.63, 3.8) is 0 Å². The van der Waals surface area contributed by atoms with Crippen LogP contribution in [-0.4, -0.2) is 4.98 Å². The van der Waals surface area contributed by atoms with Gasteiger partial charge in [-0.05, 0) is 18.2 Å². The molecule has 0 fully saturated rings. The summed E-state index contributed by atoms with van der Waals surface area (Å²) in [5.41, 5.74) is 0. The highest BCUT2D eigenvalue weighted by atomic mass is 35.5. The Bertz CT molecular complexity index is 417. The molecule has 0 aliphatic carbocycles. The largest absolute Gasteiger partial charge is 0.454 e. The second kappa shape index (κ2) is 4.11. The van der Waals surface area contributed by atoms with Crippen LogP contribution in [0.4, 0.5) is 0 Å². The van der Waals surface area contributed by atoms with Gasteiger partial charge < -0.3 is 4.74 Å². The lowest BCUT2D eigenvalue weighted by molar-refractivity contribution is 0.480. The number of halogens is 1. The number of benzene rings is 1. The van der Waals surface area contributed by atoms with E-state index in [9.17, 15) is 0 Å². The van der Waals surface area contributed by atoms with Crippen LogP contribution >= 0.6 is 11.6 Å². The summed E-state index contributed by atoms with van der Waals surface area (Å²) in [5.74, 6) is 1.32. The molecule has 0 aliphatic rings. The molecule has 0 saturated heterocycles. The van der Waals surface area contributed by atoms with Gasteiger partial charge in [0, 0.05) is 6.20 Å². The predicted molar refractivity (Wildman–Crippen MR) is 55.8 cm³/mol. The SMILES string of the molecule is Clc1ccncc1Oc1ccccc1. The molecule has 2 rings (SSSR count). The highest BCUT2D eigenvalue weighted by Crippen LogP contribution is 2.27. The van der Waals surface area contributed by atoms with E-state index >= 15 is 0 Å². The number of para-hydroxylation sites is 1. The molecule has 3 heteroatoms. The van der Waals surface area contributed by atoms with Crippen LogP contribution in [0.25, 0.3) is 0 Å². The maximum absolute atomic E-state index is 5.91. The van der Waals surface area contributed by atoms with Crippen molar-refractivity contribution in [2.75, 3.05) is 0 Å². The smallest absolute Gasteiger partial charge is 0.164 e. The van der Waals surface area contributed by atoms with Crippen molar-refractivity contribution in [2.45, 2.75) is 0 Å². The number of hydrogen-bond acceptors (Lipinski definition) is 2. The van der Waals surface area contributed by atoms with Gasteiger partial charge in [0.25, 0.3) is 0 Å². The fourth-order valence-corrected chi connectivity index (χ4v) is 1.20. The Labute approximate surface area is 87.1 Å². The minimum Gasteiger partial charge on any atom is -0.454 e. The number of hydrogen-bond donors (Lipinski definition) is 0. The molecule has 0 unspecified atom stereocenters. The average molecular weight is 206 g/mol. The monoisotopic (exact) mass is 205 g/mol. The molecule has 0 amide bonds. The van der Waals surface area contributed by atoms with Crippen molar-refractivity contribution < 1.29 is 4.74 Å². The lowest BCUT2D eigenvalue weighted by Gasteiger charge is -2.05. The quantitative estimate of drug-likeness (QED) is 0.748. The molecule has 0 saturated carbocycles. The van der Waals surface area contributed by atoms with Gasteiger partial charge in [-0.2, -0.15) is 0 Å². The first-order valence-corrected chi connectivity index (χ1v) is 4.56. The maximum Gasteiger partial charge on any atom is 0.164 e. The van der Waals surface area contributed by atoms with E-state index in [1.54, 1.807) is 18.5 Å². The number of nitrogens with zero attached hydrogens (tertiary/aromatic N) is 1. The Morgan fingerprint density at radius 2 is 1.86 bits per heavy atom. The molecule has 2 nitrogen and oxygen atoms in total. The van der Waals surface area contributed by atoms with Crippen LogP contribution in [0.5, 0.6) is 11.5 Å². The summed E-state index contributed by atoms with van der Waals surface area (Å²) in [7, 11) is 0. The van der Waals surface area contributed by atoms with Gasteiger partial charge in [0.2, 0.25) is 0 Å². The number of ether oxygens (including phenoxy) is 1. The van der Waals surface area contributed by atoms with Gasteiger partial charge in [0.1, 0.15) is 5.75 Å². The van der Waals surface area contributed by atoms with Crippen molar-refractivity contribution in [1.82, 2.24) is 4.98 Å². The summed E-state index contributed by atoms with van der Waals surface area (Å²) < 4.78 is 5.51. The van der Waals surface area contributed by atoms with Crippen LogP contribution in [0.15, 0.2) is 48.8 Å². The molecule has 1 aromatic carbocycles.